The number of carbonyl (C=O) groups excluding carboxylic acids is 1. The number of anilines is 1. The Hall–Kier alpha value is -3.40. The van der Waals surface area contributed by atoms with Crippen molar-refractivity contribution < 1.29 is 4.79 Å². The zero-order valence-corrected chi connectivity index (χ0v) is 13.5. The quantitative estimate of drug-likeness (QED) is 0.791. The van der Waals surface area contributed by atoms with E-state index in [2.05, 4.69) is 21.1 Å². The van der Waals surface area contributed by atoms with Gasteiger partial charge in [0.05, 0.1) is 23.9 Å². The van der Waals surface area contributed by atoms with E-state index in [4.69, 9.17) is 5.73 Å². The predicted molar refractivity (Wildman–Crippen MR) is 92.0 cm³/mol. The Morgan fingerprint density at radius 1 is 1.32 bits per heavy atom. The number of nitrogens with two attached hydrogens (primary N) is 1. The van der Waals surface area contributed by atoms with Crippen LogP contribution in [0.4, 0.5) is 5.82 Å². The van der Waals surface area contributed by atoms with Gasteiger partial charge in [0.2, 0.25) is 0 Å². The molecule has 1 fully saturated rings. The van der Waals surface area contributed by atoms with E-state index in [1.807, 2.05) is 30.3 Å². The molecular weight excluding hydrogens is 316 g/mol. The molecule has 1 amide bonds. The highest BCUT2D eigenvalue weighted by molar-refractivity contribution is 5.98. The summed E-state index contributed by atoms with van der Waals surface area (Å²) in [5.41, 5.74) is 7.84. The van der Waals surface area contributed by atoms with Gasteiger partial charge >= 0.3 is 0 Å². The van der Waals surface area contributed by atoms with Crippen LogP contribution >= 0.6 is 0 Å². The first-order chi connectivity index (χ1) is 12.2. The second kappa shape index (κ2) is 5.91. The summed E-state index contributed by atoms with van der Waals surface area (Å²) in [5.74, 6) is 0.207. The number of aromatic nitrogens is 3. The fraction of sp³-hybridized carbons (Fsp3) is 0.222. The van der Waals surface area contributed by atoms with E-state index < -0.39 is 5.91 Å². The van der Waals surface area contributed by atoms with Crippen LogP contribution in [0.1, 0.15) is 40.4 Å². The summed E-state index contributed by atoms with van der Waals surface area (Å²) in [5, 5.41) is 13.5. The number of carbonyl (C=O) groups is 1. The van der Waals surface area contributed by atoms with E-state index in [0.29, 0.717) is 16.8 Å². The van der Waals surface area contributed by atoms with E-state index in [9.17, 15) is 10.1 Å². The van der Waals surface area contributed by atoms with Crippen molar-refractivity contribution in [3.05, 3.63) is 59.4 Å². The van der Waals surface area contributed by atoms with Crippen molar-refractivity contribution in [3.63, 3.8) is 0 Å². The zero-order valence-electron chi connectivity index (χ0n) is 13.5. The maximum atomic E-state index is 11.6. The van der Waals surface area contributed by atoms with Gasteiger partial charge in [-0.2, -0.15) is 10.4 Å². The lowest BCUT2D eigenvalue weighted by atomic mass is 9.99. The molecule has 7 heteroatoms. The molecule has 2 aromatic heterocycles. The Kier molecular flexibility index (Phi) is 3.58. The largest absolute Gasteiger partial charge is 0.365 e. The molecule has 3 aromatic rings. The molecule has 1 aliphatic rings. The second-order valence-electron chi connectivity index (χ2n) is 6.03. The molecule has 1 aromatic carbocycles. The standard InChI is InChI=1S/C18H16N6O/c19-10-12-4-1-2-5-13(12)15-6-3-8-23(15)16-7-9-24-18(22-16)14(11-21-24)17(20)25/h1-2,4-5,7,9,11,15H,3,6,8H2,(H2,20,25). The topological polar surface area (TPSA) is 100 Å². The number of nitriles is 1. The molecule has 1 saturated heterocycles. The number of hydrogen-bond donors (Lipinski definition) is 1. The molecule has 0 radical (unpaired) electrons. The van der Waals surface area contributed by atoms with Crippen molar-refractivity contribution in [2.45, 2.75) is 18.9 Å². The summed E-state index contributed by atoms with van der Waals surface area (Å²) in [7, 11) is 0. The highest BCUT2D eigenvalue weighted by Crippen LogP contribution is 2.36. The molecule has 1 unspecified atom stereocenters. The summed E-state index contributed by atoms with van der Waals surface area (Å²) in [6, 6.07) is 11.9. The third-order valence-corrected chi connectivity index (χ3v) is 4.61. The van der Waals surface area contributed by atoms with Gasteiger partial charge in [-0.3, -0.25) is 4.79 Å². The van der Waals surface area contributed by atoms with Crippen LogP contribution < -0.4 is 10.6 Å². The average molecular weight is 332 g/mol. The molecular formula is C18H16N6O. The van der Waals surface area contributed by atoms with Gasteiger partial charge in [0.1, 0.15) is 11.4 Å². The lowest BCUT2D eigenvalue weighted by Crippen LogP contribution is -2.24. The maximum absolute atomic E-state index is 11.6. The van der Waals surface area contributed by atoms with Crippen LogP contribution in [0.5, 0.6) is 0 Å². The highest BCUT2D eigenvalue weighted by atomic mass is 16.1. The van der Waals surface area contributed by atoms with E-state index in [1.54, 1.807) is 6.20 Å². The minimum Gasteiger partial charge on any atom is -0.365 e. The summed E-state index contributed by atoms with van der Waals surface area (Å²) >= 11 is 0. The SMILES string of the molecule is N#Cc1ccccc1C1CCCN1c1ccn2ncc(C(N)=O)c2n1. The summed E-state index contributed by atoms with van der Waals surface area (Å²) in [6.45, 7) is 0.841. The van der Waals surface area contributed by atoms with Gasteiger partial charge in [-0.15, -0.1) is 0 Å². The summed E-state index contributed by atoms with van der Waals surface area (Å²) in [4.78, 5) is 18.3. The molecule has 0 bridgehead atoms. The van der Waals surface area contributed by atoms with Crippen molar-refractivity contribution in [1.29, 1.82) is 5.26 Å². The van der Waals surface area contributed by atoms with Gasteiger partial charge < -0.3 is 10.6 Å². The maximum Gasteiger partial charge on any atom is 0.254 e. The Bertz CT molecular complexity index is 1000. The third kappa shape index (κ3) is 2.48. The number of fused-ring (bicyclic) bond motifs is 1. The Balaban J connectivity index is 1.78. The number of benzene rings is 1. The lowest BCUT2D eigenvalue weighted by molar-refractivity contribution is 0.100. The van der Waals surface area contributed by atoms with Crippen LogP contribution in [0, 0.1) is 11.3 Å². The first kappa shape index (κ1) is 15.1. The van der Waals surface area contributed by atoms with Crippen molar-refractivity contribution in [2.24, 2.45) is 5.73 Å². The lowest BCUT2D eigenvalue weighted by Gasteiger charge is -2.26. The minimum absolute atomic E-state index is 0.0887. The smallest absolute Gasteiger partial charge is 0.254 e. The van der Waals surface area contributed by atoms with E-state index in [1.165, 1.54) is 10.7 Å². The van der Waals surface area contributed by atoms with Gasteiger partial charge in [0.15, 0.2) is 5.65 Å². The first-order valence-electron chi connectivity index (χ1n) is 8.09. The predicted octanol–water partition coefficient (Wildman–Crippen LogP) is 2.04. The van der Waals surface area contributed by atoms with Crippen LogP contribution in [-0.2, 0) is 0 Å². The number of amides is 1. The van der Waals surface area contributed by atoms with E-state index >= 15 is 0 Å². The van der Waals surface area contributed by atoms with Gasteiger partial charge in [-0.1, -0.05) is 18.2 Å². The molecule has 1 aliphatic heterocycles. The molecule has 25 heavy (non-hydrogen) atoms. The number of nitrogens with zero attached hydrogens (tertiary/aromatic N) is 5. The molecule has 4 rings (SSSR count). The minimum atomic E-state index is -0.549. The normalized spacial score (nSPS) is 16.9. The fourth-order valence-corrected chi connectivity index (χ4v) is 3.45. The summed E-state index contributed by atoms with van der Waals surface area (Å²) < 4.78 is 1.54. The molecule has 0 spiro atoms. The highest BCUT2D eigenvalue weighted by Gasteiger charge is 2.29. The number of hydrogen-bond acceptors (Lipinski definition) is 5. The second-order valence-corrected chi connectivity index (χ2v) is 6.03. The fourth-order valence-electron chi connectivity index (χ4n) is 3.45. The Morgan fingerprint density at radius 2 is 2.16 bits per heavy atom. The van der Waals surface area contributed by atoms with Crippen LogP contribution in [0.25, 0.3) is 5.65 Å². The van der Waals surface area contributed by atoms with Crippen molar-refractivity contribution in [2.75, 3.05) is 11.4 Å². The monoisotopic (exact) mass is 332 g/mol. The van der Waals surface area contributed by atoms with E-state index in [-0.39, 0.29) is 6.04 Å². The average Bonchev–Trinajstić information content (AvgIpc) is 3.27. The number of primary amides is 1. The van der Waals surface area contributed by atoms with Crippen LogP contribution in [0.2, 0.25) is 0 Å². The van der Waals surface area contributed by atoms with Crippen LogP contribution in [-0.4, -0.2) is 27.0 Å². The Morgan fingerprint density at radius 3 is 2.96 bits per heavy atom. The van der Waals surface area contributed by atoms with E-state index in [0.717, 1.165) is 30.8 Å². The van der Waals surface area contributed by atoms with Gasteiger partial charge in [0.25, 0.3) is 5.91 Å². The molecule has 0 aliphatic carbocycles. The zero-order chi connectivity index (χ0) is 17.4. The molecule has 2 N–H and O–H groups in total. The molecule has 0 saturated carbocycles. The van der Waals surface area contributed by atoms with Crippen LogP contribution in [0.3, 0.4) is 0 Å². The van der Waals surface area contributed by atoms with Crippen molar-refractivity contribution in [1.82, 2.24) is 14.6 Å². The summed E-state index contributed by atoms with van der Waals surface area (Å²) in [6.07, 6.45) is 5.17. The first-order valence-corrected chi connectivity index (χ1v) is 8.09. The Labute approximate surface area is 144 Å². The van der Waals surface area contributed by atoms with Gasteiger partial charge in [0, 0.05) is 12.7 Å². The molecule has 1 atom stereocenters. The molecule has 7 nitrogen and oxygen atoms in total. The third-order valence-electron chi connectivity index (χ3n) is 4.61. The van der Waals surface area contributed by atoms with Crippen molar-refractivity contribution in [3.8, 4) is 6.07 Å². The van der Waals surface area contributed by atoms with Gasteiger partial charge in [-0.05, 0) is 30.5 Å². The van der Waals surface area contributed by atoms with Gasteiger partial charge in [-0.25, -0.2) is 9.50 Å². The molecule has 3 heterocycles. The molecule has 124 valence electrons. The van der Waals surface area contributed by atoms with Crippen LogP contribution in [0.15, 0.2) is 42.7 Å². The van der Waals surface area contributed by atoms with Crippen molar-refractivity contribution >= 4 is 17.4 Å². The number of rotatable bonds is 3.